The normalized spacial score (nSPS) is 12.0. The Balaban J connectivity index is 1.64. The molecule has 8 nitrogen and oxygen atoms in total. The van der Waals surface area contributed by atoms with Gasteiger partial charge in [-0.25, -0.2) is 23.7 Å². The van der Waals surface area contributed by atoms with Gasteiger partial charge in [-0.3, -0.25) is 4.79 Å². The predicted octanol–water partition coefficient (Wildman–Crippen LogP) is 3.69. The molecular formula is C23H22F2N6O2S. The number of aliphatic hydroxyl groups excluding tert-OH is 1. The van der Waals surface area contributed by atoms with Crippen LogP contribution in [-0.4, -0.2) is 37.7 Å². The van der Waals surface area contributed by atoms with Crippen LogP contribution in [0.15, 0.2) is 58.5 Å². The van der Waals surface area contributed by atoms with E-state index in [0.29, 0.717) is 17.9 Å². The molecule has 0 aliphatic rings. The zero-order chi connectivity index (χ0) is 24.1. The van der Waals surface area contributed by atoms with Crippen LogP contribution < -0.4 is 16.2 Å². The van der Waals surface area contributed by atoms with Gasteiger partial charge in [-0.1, -0.05) is 54.2 Å². The van der Waals surface area contributed by atoms with Crippen molar-refractivity contribution < 1.29 is 13.9 Å². The number of anilines is 2. The van der Waals surface area contributed by atoms with Gasteiger partial charge in [0.2, 0.25) is 0 Å². The van der Waals surface area contributed by atoms with Gasteiger partial charge in [0.05, 0.1) is 6.10 Å². The highest BCUT2D eigenvalue weighted by atomic mass is 32.2. The third-order valence-corrected chi connectivity index (χ3v) is 5.69. The lowest BCUT2D eigenvalue weighted by atomic mass is 10.2. The minimum Gasteiger partial charge on any atom is -0.392 e. The Morgan fingerprint density at radius 3 is 2.59 bits per heavy atom. The van der Waals surface area contributed by atoms with Crippen molar-refractivity contribution in [2.45, 2.75) is 30.5 Å². The van der Waals surface area contributed by atoms with E-state index in [2.05, 4.69) is 30.6 Å². The summed E-state index contributed by atoms with van der Waals surface area (Å²) in [4.78, 5) is 28.5. The molecule has 4 aromatic rings. The van der Waals surface area contributed by atoms with E-state index in [-0.39, 0.29) is 34.5 Å². The molecular weight excluding hydrogens is 462 g/mol. The molecule has 0 saturated heterocycles. The van der Waals surface area contributed by atoms with E-state index < -0.39 is 23.3 Å². The molecule has 1 atom stereocenters. The molecule has 0 amide bonds. The fraction of sp³-hybridized carbons (Fsp3) is 0.217. The molecule has 0 saturated carbocycles. The molecule has 176 valence electrons. The summed E-state index contributed by atoms with van der Waals surface area (Å²) in [5.41, 5.74) is 1.16. The maximum absolute atomic E-state index is 14.0. The van der Waals surface area contributed by atoms with E-state index in [1.165, 1.54) is 12.1 Å². The Bertz CT molecular complexity index is 1350. The summed E-state index contributed by atoms with van der Waals surface area (Å²) in [5, 5.41) is 15.9. The third kappa shape index (κ3) is 5.67. The summed E-state index contributed by atoms with van der Waals surface area (Å²) in [6.45, 7) is 2.19. The van der Waals surface area contributed by atoms with E-state index >= 15 is 0 Å². The molecule has 1 unspecified atom stereocenters. The molecule has 0 radical (unpaired) electrons. The number of hydrogen-bond acceptors (Lipinski definition) is 8. The van der Waals surface area contributed by atoms with Crippen molar-refractivity contribution in [1.29, 1.82) is 0 Å². The number of thioether (sulfide) groups is 1. The van der Waals surface area contributed by atoms with Crippen molar-refractivity contribution >= 4 is 34.6 Å². The van der Waals surface area contributed by atoms with Gasteiger partial charge in [-0.15, -0.1) is 0 Å². The number of aromatic amines is 1. The Kier molecular flexibility index (Phi) is 7.33. The van der Waals surface area contributed by atoms with Gasteiger partial charge in [-0.2, -0.15) is 0 Å². The molecule has 0 fully saturated rings. The average molecular weight is 485 g/mol. The Hall–Kier alpha value is -3.57. The summed E-state index contributed by atoms with van der Waals surface area (Å²) < 4.78 is 27.5. The molecule has 0 bridgehead atoms. The molecule has 0 spiro atoms. The molecule has 0 aliphatic heterocycles. The van der Waals surface area contributed by atoms with Crippen molar-refractivity contribution in [3.63, 3.8) is 0 Å². The van der Waals surface area contributed by atoms with Crippen molar-refractivity contribution in [3.8, 4) is 0 Å². The molecule has 11 heteroatoms. The van der Waals surface area contributed by atoms with Crippen molar-refractivity contribution in [2.24, 2.45) is 0 Å². The summed E-state index contributed by atoms with van der Waals surface area (Å²) in [7, 11) is 0. The van der Waals surface area contributed by atoms with Crippen LogP contribution in [0.1, 0.15) is 18.1 Å². The summed E-state index contributed by atoms with van der Waals surface area (Å²) in [5.74, 6) is -1.37. The lowest BCUT2D eigenvalue weighted by Gasteiger charge is -2.12. The number of benzene rings is 2. The van der Waals surface area contributed by atoms with E-state index in [9.17, 15) is 18.7 Å². The highest BCUT2D eigenvalue weighted by Gasteiger charge is 2.15. The number of nitrogens with one attached hydrogen (secondary N) is 3. The number of fused-ring (bicyclic) bond motifs is 1. The minimum absolute atomic E-state index is 0.0827. The van der Waals surface area contributed by atoms with Crippen LogP contribution in [0, 0.1) is 11.6 Å². The first-order chi connectivity index (χ1) is 16.4. The number of hydrogen-bond donors (Lipinski definition) is 4. The Morgan fingerprint density at radius 1 is 1.03 bits per heavy atom. The zero-order valence-electron chi connectivity index (χ0n) is 18.2. The lowest BCUT2D eigenvalue weighted by Crippen LogP contribution is -2.20. The Labute approximate surface area is 197 Å². The van der Waals surface area contributed by atoms with Crippen molar-refractivity contribution in [2.75, 3.05) is 17.2 Å². The number of nitrogens with zero attached hydrogens (tertiary/aromatic N) is 3. The lowest BCUT2D eigenvalue weighted by molar-refractivity contribution is 0.208. The standard InChI is InChI=1S/C23H22F2N6O2S/c1-13(32)10-26-19-18-20(29-22(33)21(28-18)27-11-14-6-3-2-4-7-14)31-23(30-19)34-12-15-8-5-9-16(24)17(15)25/h2-9,13,32H,10-12H2,1H3,(H,27,28)(H2,26,29,30,31,33). The monoisotopic (exact) mass is 484 g/mol. The molecule has 2 aromatic carbocycles. The van der Waals surface area contributed by atoms with Crippen LogP contribution in [0.2, 0.25) is 0 Å². The van der Waals surface area contributed by atoms with Crippen LogP contribution in [-0.2, 0) is 12.3 Å². The van der Waals surface area contributed by atoms with Crippen molar-refractivity contribution in [1.82, 2.24) is 19.9 Å². The topological polar surface area (TPSA) is 116 Å². The van der Waals surface area contributed by atoms with Crippen LogP contribution >= 0.6 is 11.8 Å². The second-order valence-corrected chi connectivity index (χ2v) is 8.48. The number of rotatable bonds is 9. The number of halogens is 2. The molecule has 4 rings (SSSR count). The third-order valence-electron chi connectivity index (χ3n) is 4.79. The predicted molar refractivity (Wildman–Crippen MR) is 128 cm³/mol. The SMILES string of the molecule is CC(O)CNc1nc(SCc2cccc(F)c2F)nc2[nH]c(=O)c(NCc3ccccc3)nc12. The van der Waals surface area contributed by atoms with E-state index in [0.717, 1.165) is 23.4 Å². The highest BCUT2D eigenvalue weighted by molar-refractivity contribution is 7.98. The zero-order valence-corrected chi connectivity index (χ0v) is 19.0. The largest absolute Gasteiger partial charge is 0.392 e. The maximum atomic E-state index is 14.0. The second kappa shape index (κ2) is 10.6. The molecule has 0 aliphatic carbocycles. The van der Waals surface area contributed by atoms with Gasteiger partial charge in [-0.05, 0) is 18.6 Å². The summed E-state index contributed by atoms with van der Waals surface area (Å²) in [6, 6.07) is 13.5. The van der Waals surface area contributed by atoms with E-state index in [4.69, 9.17) is 0 Å². The smallest absolute Gasteiger partial charge is 0.292 e. The first-order valence-electron chi connectivity index (χ1n) is 10.5. The number of aliphatic hydroxyl groups is 1. The van der Waals surface area contributed by atoms with Crippen LogP contribution in [0.3, 0.4) is 0 Å². The number of aromatic nitrogens is 4. The molecule has 2 aromatic heterocycles. The number of H-pyrrole nitrogens is 1. The maximum Gasteiger partial charge on any atom is 0.292 e. The van der Waals surface area contributed by atoms with Crippen LogP contribution in [0.25, 0.3) is 11.2 Å². The van der Waals surface area contributed by atoms with E-state index in [1.807, 2.05) is 30.3 Å². The van der Waals surface area contributed by atoms with Gasteiger partial charge in [0.1, 0.15) is 0 Å². The van der Waals surface area contributed by atoms with Gasteiger partial charge in [0, 0.05) is 24.4 Å². The van der Waals surface area contributed by atoms with Gasteiger partial charge >= 0.3 is 0 Å². The first-order valence-corrected chi connectivity index (χ1v) is 11.5. The van der Waals surface area contributed by atoms with E-state index in [1.54, 1.807) is 6.92 Å². The molecule has 2 heterocycles. The second-order valence-electron chi connectivity index (χ2n) is 7.54. The van der Waals surface area contributed by atoms with Gasteiger partial charge < -0.3 is 20.7 Å². The highest BCUT2D eigenvalue weighted by Crippen LogP contribution is 2.26. The van der Waals surface area contributed by atoms with Gasteiger partial charge in [0.25, 0.3) is 5.56 Å². The quantitative estimate of drug-likeness (QED) is 0.210. The first kappa shape index (κ1) is 23.6. The molecule has 4 N–H and O–H groups in total. The summed E-state index contributed by atoms with van der Waals surface area (Å²) >= 11 is 1.08. The van der Waals surface area contributed by atoms with Crippen LogP contribution in [0.4, 0.5) is 20.4 Å². The van der Waals surface area contributed by atoms with Gasteiger partial charge in [0.15, 0.2) is 39.6 Å². The van der Waals surface area contributed by atoms with Crippen molar-refractivity contribution in [3.05, 3.63) is 81.6 Å². The average Bonchev–Trinajstić information content (AvgIpc) is 2.82. The fourth-order valence-electron chi connectivity index (χ4n) is 3.09. The fourth-order valence-corrected chi connectivity index (χ4v) is 3.91. The summed E-state index contributed by atoms with van der Waals surface area (Å²) in [6.07, 6.45) is -0.666. The minimum atomic E-state index is -0.930. The van der Waals surface area contributed by atoms with Crippen LogP contribution in [0.5, 0.6) is 0 Å². The molecule has 34 heavy (non-hydrogen) atoms. The Morgan fingerprint density at radius 2 is 1.82 bits per heavy atom.